The van der Waals surface area contributed by atoms with Crippen molar-refractivity contribution in [2.75, 3.05) is 13.1 Å². The third-order valence-electron chi connectivity index (χ3n) is 7.43. The number of hydrogen-bond donors (Lipinski definition) is 2. The highest BCUT2D eigenvalue weighted by Crippen LogP contribution is 2.27. The number of fused-ring (bicyclic) bond motifs is 2. The van der Waals surface area contributed by atoms with Crippen molar-refractivity contribution < 1.29 is 19.1 Å². The summed E-state index contributed by atoms with van der Waals surface area (Å²) >= 11 is 0. The molecule has 3 aromatic rings. The van der Waals surface area contributed by atoms with Gasteiger partial charge in [0.25, 0.3) is 11.8 Å². The molecule has 0 aliphatic carbocycles. The molecule has 2 aliphatic rings. The third-order valence-corrected chi connectivity index (χ3v) is 7.43. The van der Waals surface area contributed by atoms with Crippen LogP contribution in [0.5, 0.6) is 0 Å². The highest BCUT2D eigenvalue weighted by atomic mass is 16.6. The predicted molar refractivity (Wildman–Crippen MR) is 157 cm³/mol. The molecular weight excluding hydrogens is 520 g/mol. The van der Waals surface area contributed by atoms with E-state index in [0.717, 1.165) is 29.4 Å². The summed E-state index contributed by atoms with van der Waals surface area (Å²) in [4.78, 5) is 45.9. The molecule has 0 spiro atoms. The summed E-state index contributed by atoms with van der Waals surface area (Å²) in [6.07, 6.45) is 4.45. The largest absolute Gasteiger partial charge is 0.444 e. The molecule has 1 saturated heterocycles. The van der Waals surface area contributed by atoms with Crippen LogP contribution in [-0.4, -0.2) is 68.2 Å². The van der Waals surface area contributed by atoms with Gasteiger partial charge in [-0.15, -0.1) is 0 Å². The van der Waals surface area contributed by atoms with Gasteiger partial charge in [-0.05, 0) is 70.4 Å². The number of rotatable bonds is 7. The molecule has 5 rings (SSSR count). The number of nitrogens with one attached hydrogen (secondary N) is 2. The molecule has 0 radical (unpaired) electrons. The Labute approximate surface area is 239 Å². The van der Waals surface area contributed by atoms with Gasteiger partial charge in [0.15, 0.2) is 0 Å². The minimum Gasteiger partial charge on any atom is -0.444 e. The second-order valence-electron chi connectivity index (χ2n) is 11.4. The maximum Gasteiger partial charge on any atom is 0.410 e. The van der Waals surface area contributed by atoms with Gasteiger partial charge in [-0.3, -0.25) is 14.5 Å². The number of amides is 3. The van der Waals surface area contributed by atoms with Crippen LogP contribution in [-0.2, 0) is 17.8 Å². The molecule has 3 amide bonds. The average Bonchev–Trinajstić information content (AvgIpc) is 3.42. The first-order valence-electron chi connectivity index (χ1n) is 14.0. The fourth-order valence-electron chi connectivity index (χ4n) is 5.32. The van der Waals surface area contributed by atoms with Crippen molar-refractivity contribution in [3.05, 3.63) is 71.2 Å². The molecule has 0 saturated carbocycles. The number of imidazole rings is 1. The van der Waals surface area contributed by atoms with E-state index in [4.69, 9.17) is 15.1 Å². The molecule has 0 unspecified atom stereocenters. The molecule has 10 nitrogen and oxygen atoms in total. The van der Waals surface area contributed by atoms with Crippen molar-refractivity contribution in [3.63, 3.8) is 0 Å². The minimum absolute atomic E-state index is 0.0843. The summed E-state index contributed by atoms with van der Waals surface area (Å²) < 4.78 is 7.49. The van der Waals surface area contributed by atoms with Crippen molar-refractivity contribution in [2.45, 2.75) is 65.3 Å². The number of carbonyl (C=O) groups excluding carboxylic acids is 3. The first-order chi connectivity index (χ1) is 19.6. The maximum atomic E-state index is 12.9. The van der Waals surface area contributed by atoms with E-state index < -0.39 is 5.60 Å². The summed E-state index contributed by atoms with van der Waals surface area (Å²) in [6.45, 7) is 9.50. The Morgan fingerprint density at radius 1 is 1.10 bits per heavy atom. The van der Waals surface area contributed by atoms with E-state index in [1.165, 1.54) is 11.1 Å². The summed E-state index contributed by atoms with van der Waals surface area (Å²) in [6, 6.07) is 12.9. The van der Waals surface area contributed by atoms with Crippen molar-refractivity contribution in [1.82, 2.24) is 24.7 Å². The molecule has 1 aromatic heterocycles. The van der Waals surface area contributed by atoms with Crippen LogP contribution >= 0.6 is 0 Å². The summed E-state index contributed by atoms with van der Waals surface area (Å²) in [7, 11) is 0. The Hall–Kier alpha value is -4.47. The van der Waals surface area contributed by atoms with Gasteiger partial charge in [0.2, 0.25) is 0 Å². The summed E-state index contributed by atoms with van der Waals surface area (Å²) in [5, 5.41) is 11.5. The van der Waals surface area contributed by atoms with Crippen LogP contribution in [0.4, 0.5) is 4.79 Å². The normalized spacial score (nSPS) is 16.3. The monoisotopic (exact) mass is 556 g/mol. The van der Waals surface area contributed by atoms with Crippen molar-refractivity contribution in [1.29, 1.82) is 5.41 Å². The van der Waals surface area contributed by atoms with Gasteiger partial charge in [0.1, 0.15) is 11.4 Å². The number of imide groups is 1. The van der Waals surface area contributed by atoms with Crippen LogP contribution in [0.2, 0.25) is 0 Å². The van der Waals surface area contributed by atoms with E-state index in [0.29, 0.717) is 42.2 Å². The zero-order chi connectivity index (χ0) is 29.3. The van der Waals surface area contributed by atoms with E-state index in [1.54, 1.807) is 29.2 Å². The highest BCUT2D eigenvalue weighted by molar-refractivity contribution is 6.21. The van der Waals surface area contributed by atoms with Crippen LogP contribution in [0.25, 0.3) is 16.6 Å². The standard InChI is InChI=1S/C31H36N6O4/c1-5-36-26-16-20(21(17-32)18-33-22-12-14-35(15-13-22)30(40)41-31(2,3)4)10-11-25(26)34-27(36)19-37-28(38)23-8-6-7-9-24(23)29(37)39/h6-11,16-18,22,32-33H,5,12-15,19H2,1-4H3/b21-18+,32-17?. The van der Waals surface area contributed by atoms with Crippen molar-refractivity contribution in [2.24, 2.45) is 0 Å². The van der Waals surface area contributed by atoms with Crippen LogP contribution in [0.3, 0.4) is 0 Å². The van der Waals surface area contributed by atoms with E-state index in [9.17, 15) is 14.4 Å². The Morgan fingerprint density at radius 3 is 2.34 bits per heavy atom. The molecule has 2 N–H and O–H groups in total. The zero-order valence-corrected chi connectivity index (χ0v) is 23.9. The first kappa shape index (κ1) is 28.1. The predicted octanol–water partition coefficient (Wildman–Crippen LogP) is 4.83. The first-order valence-corrected chi connectivity index (χ1v) is 14.0. The molecule has 0 atom stereocenters. The lowest BCUT2D eigenvalue weighted by Crippen LogP contribution is -2.45. The van der Waals surface area contributed by atoms with Crippen LogP contribution in [0, 0.1) is 5.41 Å². The van der Waals surface area contributed by atoms with Crippen molar-refractivity contribution >= 4 is 40.7 Å². The second-order valence-corrected chi connectivity index (χ2v) is 11.4. The van der Waals surface area contributed by atoms with Crippen LogP contribution in [0.1, 0.15) is 72.6 Å². The number of ether oxygens (including phenoxy) is 1. The lowest BCUT2D eigenvalue weighted by Gasteiger charge is -2.33. The molecule has 0 bridgehead atoms. The van der Waals surface area contributed by atoms with Crippen LogP contribution in [0.15, 0.2) is 48.7 Å². The lowest BCUT2D eigenvalue weighted by atomic mass is 10.0. The number of allylic oxidation sites excluding steroid dienone is 1. The number of carbonyl (C=O) groups is 3. The number of nitrogens with zero attached hydrogens (tertiary/aromatic N) is 4. The van der Waals surface area contributed by atoms with Gasteiger partial charge in [0.05, 0.1) is 28.7 Å². The number of aryl methyl sites for hydroxylation is 1. The number of hydrogen-bond acceptors (Lipinski definition) is 7. The number of benzene rings is 2. The third kappa shape index (κ3) is 5.73. The van der Waals surface area contributed by atoms with E-state index in [1.807, 2.05) is 56.7 Å². The molecular formula is C31H36N6O4. The smallest absolute Gasteiger partial charge is 0.410 e. The molecule has 2 aliphatic heterocycles. The van der Waals surface area contributed by atoms with Crippen LogP contribution < -0.4 is 5.32 Å². The fraction of sp³-hybridized carbons (Fsp3) is 0.387. The van der Waals surface area contributed by atoms with E-state index in [2.05, 4.69) is 5.32 Å². The van der Waals surface area contributed by atoms with Crippen molar-refractivity contribution in [3.8, 4) is 0 Å². The van der Waals surface area contributed by atoms with Gasteiger partial charge >= 0.3 is 6.09 Å². The number of likely N-dealkylation sites (tertiary alicyclic amines) is 1. The van der Waals surface area contributed by atoms with Gasteiger partial charge in [0, 0.05) is 43.7 Å². The van der Waals surface area contributed by atoms with Gasteiger partial charge in [-0.2, -0.15) is 0 Å². The number of aromatic nitrogens is 2. The molecule has 3 heterocycles. The minimum atomic E-state index is -0.516. The zero-order valence-electron chi connectivity index (χ0n) is 23.9. The van der Waals surface area contributed by atoms with E-state index >= 15 is 0 Å². The Morgan fingerprint density at radius 2 is 1.76 bits per heavy atom. The lowest BCUT2D eigenvalue weighted by molar-refractivity contribution is 0.0201. The quantitative estimate of drug-likeness (QED) is 0.318. The van der Waals surface area contributed by atoms with Gasteiger partial charge in [-0.1, -0.05) is 18.2 Å². The SMILES string of the molecule is CCn1c(CN2C(=O)c3ccccc3C2=O)nc2ccc(/C(C=N)=C/NC3CCN(C(=O)OC(C)(C)C)CC3)cc21. The highest BCUT2D eigenvalue weighted by Gasteiger charge is 2.36. The van der Waals surface area contributed by atoms with E-state index in [-0.39, 0.29) is 30.5 Å². The van der Waals surface area contributed by atoms with Gasteiger partial charge < -0.3 is 24.9 Å². The Balaban J connectivity index is 1.30. The summed E-state index contributed by atoms with van der Waals surface area (Å²) in [5.41, 5.74) is 3.52. The molecule has 1 fully saturated rings. The second kappa shape index (κ2) is 11.2. The fourth-order valence-corrected chi connectivity index (χ4v) is 5.32. The molecule has 2 aromatic carbocycles. The maximum absolute atomic E-state index is 12.9. The average molecular weight is 557 g/mol. The molecule has 214 valence electrons. The number of piperidine rings is 1. The Bertz CT molecular complexity index is 1510. The topological polar surface area (TPSA) is 121 Å². The molecule has 10 heteroatoms. The Kier molecular flexibility index (Phi) is 7.66. The molecule has 41 heavy (non-hydrogen) atoms. The van der Waals surface area contributed by atoms with Gasteiger partial charge in [-0.25, -0.2) is 9.78 Å². The summed E-state index contributed by atoms with van der Waals surface area (Å²) in [5.74, 6) is 0.0143.